The number of primary sulfonamides is 1. The van der Waals surface area contributed by atoms with Gasteiger partial charge in [0.25, 0.3) is 5.91 Å². The highest BCUT2D eigenvalue weighted by Crippen LogP contribution is 2.30. The molecule has 1 aromatic carbocycles. The Kier molecular flexibility index (Phi) is 5.52. The molecule has 1 aliphatic rings. The number of aromatic nitrogens is 2. The van der Waals surface area contributed by atoms with E-state index in [0.717, 1.165) is 30.5 Å². The number of benzene rings is 1. The van der Waals surface area contributed by atoms with Crippen molar-refractivity contribution >= 4 is 15.9 Å². The second-order valence-corrected chi connectivity index (χ2v) is 8.22. The molecule has 2 heterocycles. The Bertz CT molecular complexity index is 939. The van der Waals surface area contributed by atoms with Crippen molar-refractivity contribution in [2.45, 2.75) is 37.0 Å². The van der Waals surface area contributed by atoms with Crippen molar-refractivity contribution in [3.63, 3.8) is 0 Å². The minimum absolute atomic E-state index is 0.109. The summed E-state index contributed by atoms with van der Waals surface area (Å²) in [6, 6.07) is 4.08. The largest absolute Gasteiger partial charge is 0.496 e. The topological polar surface area (TPSA) is 118 Å². The summed E-state index contributed by atoms with van der Waals surface area (Å²) in [5, 5.41) is 12.4. The highest BCUT2D eigenvalue weighted by molar-refractivity contribution is 7.89. The monoisotopic (exact) mass is 392 g/mol. The Morgan fingerprint density at radius 2 is 2.22 bits per heavy atom. The van der Waals surface area contributed by atoms with Gasteiger partial charge in [-0.3, -0.25) is 9.89 Å². The number of amides is 1. The summed E-state index contributed by atoms with van der Waals surface area (Å²) in [4.78, 5) is 14.7. The molecule has 1 amide bonds. The molecule has 3 N–H and O–H groups in total. The van der Waals surface area contributed by atoms with E-state index in [1.807, 2.05) is 6.20 Å². The Balaban J connectivity index is 1.89. The van der Waals surface area contributed by atoms with E-state index >= 15 is 0 Å². The van der Waals surface area contributed by atoms with Gasteiger partial charge in [0.05, 0.1) is 23.8 Å². The fourth-order valence-electron chi connectivity index (χ4n) is 3.56. The summed E-state index contributed by atoms with van der Waals surface area (Å²) in [6.45, 7) is 3.22. The molecule has 3 rings (SSSR count). The number of carbonyl (C=O) groups excluding carboxylic acids is 1. The fraction of sp³-hybridized carbons (Fsp3) is 0.444. The van der Waals surface area contributed by atoms with Crippen molar-refractivity contribution in [3.05, 3.63) is 41.2 Å². The summed E-state index contributed by atoms with van der Waals surface area (Å²) in [5.41, 5.74) is 2.42. The highest BCUT2D eigenvalue weighted by atomic mass is 32.2. The van der Waals surface area contributed by atoms with Crippen LogP contribution in [0.25, 0.3) is 0 Å². The molecule has 1 saturated heterocycles. The lowest BCUT2D eigenvalue weighted by Gasteiger charge is -2.33. The number of nitrogens with one attached hydrogen (secondary N) is 1. The van der Waals surface area contributed by atoms with Crippen LogP contribution in [0.2, 0.25) is 0 Å². The second-order valence-electron chi connectivity index (χ2n) is 6.66. The number of hydrogen-bond donors (Lipinski definition) is 2. The van der Waals surface area contributed by atoms with Crippen LogP contribution in [-0.4, -0.2) is 49.6 Å². The lowest BCUT2D eigenvalue weighted by Crippen LogP contribution is -2.39. The van der Waals surface area contributed by atoms with E-state index in [9.17, 15) is 13.2 Å². The molecule has 0 saturated carbocycles. The summed E-state index contributed by atoms with van der Waals surface area (Å²) in [5.74, 6) is 0.234. The second kappa shape index (κ2) is 7.69. The minimum atomic E-state index is -3.91. The van der Waals surface area contributed by atoms with E-state index < -0.39 is 10.0 Å². The smallest absolute Gasteiger partial charge is 0.257 e. The lowest BCUT2D eigenvalue weighted by atomic mass is 9.91. The SMILES string of the molecule is CCc1cn[nH]c1C1CCCN(C(=O)c2cc(S(N)(=O)=O)ccc2OC)C1. The molecule has 2 aromatic rings. The molecule has 0 radical (unpaired) electrons. The van der Waals surface area contributed by atoms with Crippen LogP contribution in [0.3, 0.4) is 0 Å². The minimum Gasteiger partial charge on any atom is -0.496 e. The van der Waals surface area contributed by atoms with Crippen molar-refractivity contribution in [1.29, 1.82) is 0 Å². The number of aromatic amines is 1. The Hall–Kier alpha value is -2.39. The van der Waals surface area contributed by atoms with Gasteiger partial charge in [0, 0.05) is 24.7 Å². The summed E-state index contributed by atoms with van der Waals surface area (Å²) in [6.07, 6.45) is 4.53. The maximum atomic E-state index is 13.1. The first-order valence-corrected chi connectivity index (χ1v) is 10.4. The summed E-state index contributed by atoms with van der Waals surface area (Å²) >= 11 is 0. The highest BCUT2D eigenvalue weighted by Gasteiger charge is 2.29. The zero-order chi connectivity index (χ0) is 19.6. The number of sulfonamides is 1. The first kappa shape index (κ1) is 19.4. The van der Waals surface area contributed by atoms with Gasteiger partial charge in [-0.2, -0.15) is 5.10 Å². The molecule has 0 aliphatic carbocycles. The zero-order valence-electron chi connectivity index (χ0n) is 15.4. The van der Waals surface area contributed by atoms with Gasteiger partial charge in [-0.25, -0.2) is 13.6 Å². The molecule has 1 atom stereocenters. The number of rotatable bonds is 5. The molecule has 1 fully saturated rings. The number of piperidine rings is 1. The van der Waals surface area contributed by atoms with Gasteiger partial charge in [-0.15, -0.1) is 0 Å². The number of carbonyl (C=O) groups is 1. The molecule has 1 aliphatic heterocycles. The van der Waals surface area contributed by atoms with Crippen molar-refractivity contribution in [2.24, 2.45) is 5.14 Å². The molecule has 1 unspecified atom stereocenters. The van der Waals surface area contributed by atoms with Crippen LogP contribution in [0.1, 0.15) is 47.3 Å². The number of aryl methyl sites for hydroxylation is 1. The van der Waals surface area contributed by atoms with Crippen molar-refractivity contribution in [3.8, 4) is 5.75 Å². The van der Waals surface area contributed by atoms with Gasteiger partial charge in [-0.1, -0.05) is 6.92 Å². The third-order valence-electron chi connectivity index (χ3n) is 4.98. The molecule has 146 valence electrons. The molecule has 0 spiro atoms. The van der Waals surface area contributed by atoms with E-state index in [-0.39, 0.29) is 22.3 Å². The van der Waals surface area contributed by atoms with Gasteiger partial charge < -0.3 is 9.64 Å². The number of nitrogens with two attached hydrogens (primary N) is 1. The molecule has 9 heteroatoms. The number of H-pyrrole nitrogens is 1. The Morgan fingerprint density at radius 1 is 1.44 bits per heavy atom. The maximum Gasteiger partial charge on any atom is 0.257 e. The van der Waals surface area contributed by atoms with Gasteiger partial charge in [0.2, 0.25) is 10.0 Å². The van der Waals surface area contributed by atoms with Crippen LogP contribution in [0.5, 0.6) is 5.75 Å². The first-order valence-electron chi connectivity index (χ1n) is 8.87. The number of nitrogens with zero attached hydrogens (tertiary/aromatic N) is 2. The quantitative estimate of drug-likeness (QED) is 0.802. The van der Waals surface area contributed by atoms with E-state index in [1.54, 1.807) is 4.90 Å². The molecule has 27 heavy (non-hydrogen) atoms. The zero-order valence-corrected chi connectivity index (χ0v) is 16.3. The average Bonchev–Trinajstić information content (AvgIpc) is 3.15. The van der Waals surface area contributed by atoms with E-state index in [0.29, 0.717) is 18.8 Å². The van der Waals surface area contributed by atoms with Gasteiger partial charge in [0.15, 0.2) is 0 Å². The van der Waals surface area contributed by atoms with Crippen LogP contribution in [0.15, 0.2) is 29.3 Å². The van der Waals surface area contributed by atoms with E-state index in [4.69, 9.17) is 9.88 Å². The van der Waals surface area contributed by atoms with Crippen LogP contribution >= 0.6 is 0 Å². The number of methoxy groups -OCH3 is 1. The summed E-state index contributed by atoms with van der Waals surface area (Å²) < 4.78 is 28.6. The van der Waals surface area contributed by atoms with Crippen molar-refractivity contribution in [1.82, 2.24) is 15.1 Å². The molecule has 0 bridgehead atoms. The third kappa shape index (κ3) is 3.98. The third-order valence-corrected chi connectivity index (χ3v) is 5.89. The predicted molar refractivity (Wildman–Crippen MR) is 100 cm³/mol. The van der Waals surface area contributed by atoms with Crippen LogP contribution in [-0.2, 0) is 16.4 Å². The average molecular weight is 392 g/mol. The van der Waals surface area contributed by atoms with Crippen LogP contribution in [0, 0.1) is 0 Å². The number of likely N-dealkylation sites (tertiary alicyclic amines) is 1. The van der Waals surface area contributed by atoms with E-state index in [1.165, 1.54) is 25.3 Å². The molecule has 1 aromatic heterocycles. The summed E-state index contributed by atoms with van der Waals surface area (Å²) in [7, 11) is -2.47. The van der Waals surface area contributed by atoms with Crippen LogP contribution in [0.4, 0.5) is 0 Å². The lowest BCUT2D eigenvalue weighted by molar-refractivity contribution is 0.0702. The standard InChI is InChI=1S/C18H24N4O4S/c1-3-12-10-20-21-17(12)13-5-4-8-22(11-13)18(23)15-9-14(27(19,24)25)6-7-16(15)26-2/h6-7,9-10,13H,3-5,8,11H2,1-2H3,(H,20,21)(H2,19,24,25). The maximum absolute atomic E-state index is 13.1. The van der Waals surface area contributed by atoms with Gasteiger partial charge in [-0.05, 0) is 43.0 Å². The Labute approximate surface area is 158 Å². The normalized spacial score (nSPS) is 17.7. The molecular weight excluding hydrogens is 368 g/mol. The van der Waals surface area contributed by atoms with Crippen LogP contribution < -0.4 is 9.88 Å². The number of ether oxygens (including phenoxy) is 1. The van der Waals surface area contributed by atoms with Crippen molar-refractivity contribution in [2.75, 3.05) is 20.2 Å². The predicted octanol–water partition coefficient (Wildman–Crippen LogP) is 1.65. The molecule has 8 nitrogen and oxygen atoms in total. The van der Waals surface area contributed by atoms with Gasteiger partial charge in [0.1, 0.15) is 5.75 Å². The first-order chi connectivity index (χ1) is 12.8. The van der Waals surface area contributed by atoms with Gasteiger partial charge >= 0.3 is 0 Å². The van der Waals surface area contributed by atoms with E-state index in [2.05, 4.69) is 17.1 Å². The van der Waals surface area contributed by atoms with Crippen molar-refractivity contribution < 1.29 is 17.9 Å². The molecular formula is C18H24N4O4S. The number of hydrogen-bond acceptors (Lipinski definition) is 5. The Morgan fingerprint density at radius 3 is 2.89 bits per heavy atom. The fourth-order valence-corrected chi connectivity index (χ4v) is 4.09.